The average molecular weight is 269 g/mol. The maximum Gasteiger partial charge on any atom is 0.211 e. The molecule has 0 amide bonds. The predicted octanol–water partition coefficient (Wildman–Crippen LogP) is 0.125. The van der Waals surface area contributed by atoms with Crippen molar-refractivity contribution in [2.24, 2.45) is 5.14 Å². The van der Waals surface area contributed by atoms with Crippen LogP contribution in [0.5, 0.6) is 0 Å². The highest BCUT2D eigenvalue weighted by molar-refractivity contribution is 7.89. The lowest BCUT2D eigenvalue weighted by Gasteiger charge is -2.06. The third-order valence-corrected chi connectivity index (χ3v) is 2.63. The van der Waals surface area contributed by atoms with Gasteiger partial charge in [0.05, 0.1) is 38.8 Å². The Morgan fingerprint density at radius 2 is 1.35 bits per heavy atom. The molecule has 0 saturated carbocycles. The molecule has 0 aromatic heterocycles. The lowest BCUT2D eigenvalue weighted by Crippen LogP contribution is -2.21. The number of primary sulfonamides is 1. The van der Waals surface area contributed by atoms with Crippen LogP contribution in [0.4, 0.5) is 0 Å². The van der Waals surface area contributed by atoms with E-state index in [9.17, 15) is 8.42 Å². The van der Waals surface area contributed by atoms with Gasteiger partial charge in [0.2, 0.25) is 10.0 Å². The second-order valence-electron chi connectivity index (χ2n) is 3.56. The zero-order chi connectivity index (χ0) is 13.0. The van der Waals surface area contributed by atoms with Crippen molar-refractivity contribution in [3.8, 4) is 0 Å². The Morgan fingerprint density at radius 1 is 0.882 bits per heavy atom. The fourth-order valence-corrected chi connectivity index (χ4v) is 1.31. The largest absolute Gasteiger partial charge is 0.379 e. The van der Waals surface area contributed by atoms with Crippen LogP contribution >= 0.6 is 0 Å². The first kappa shape index (κ1) is 16.8. The van der Waals surface area contributed by atoms with Gasteiger partial charge < -0.3 is 14.2 Å². The molecule has 0 heterocycles. The SMILES string of the molecule is CCCCOCCOCCOCCS(N)(=O)=O. The van der Waals surface area contributed by atoms with Crippen molar-refractivity contribution in [1.29, 1.82) is 0 Å². The van der Waals surface area contributed by atoms with Crippen LogP contribution in [0.3, 0.4) is 0 Å². The van der Waals surface area contributed by atoms with Gasteiger partial charge in [0, 0.05) is 6.61 Å². The van der Waals surface area contributed by atoms with Crippen LogP contribution in [0.2, 0.25) is 0 Å². The van der Waals surface area contributed by atoms with E-state index in [2.05, 4.69) is 6.92 Å². The Hall–Kier alpha value is -0.210. The highest BCUT2D eigenvalue weighted by Crippen LogP contribution is 1.88. The minimum Gasteiger partial charge on any atom is -0.379 e. The molecule has 6 nitrogen and oxygen atoms in total. The summed E-state index contributed by atoms with van der Waals surface area (Å²) in [7, 11) is -3.42. The molecule has 0 saturated heterocycles. The molecule has 17 heavy (non-hydrogen) atoms. The van der Waals surface area contributed by atoms with E-state index in [1.807, 2.05) is 0 Å². The second-order valence-corrected chi connectivity index (χ2v) is 5.29. The van der Waals surface area contributed by atoms with Gasteiger partial charge in [-0.15, -0.1) is 0 Å². The summed E-state index contributed by atoms with van der Waals surface area (Å²) in [4.78, 5) is 0. The Bertz CT molecular complexity index is 255. The van der Waals surface area contributed by atoms with Gasteiger partial charge in [0.25, 0.3) is 0 Å². The van der Waals surface area contributed by atoms with Crippen molar-refractivity contribution in [2.75, 3.05) is 45.4 Å². The van der Waals surface area contributed by atoms with Crippen molar-refractivity contribution in [2.45, 2.75) is 19.8 Å². The quantitative estimate of drug-likeness (QED) is 0.509. The van der Waals surface area contributed by atoms with Crippen LogP contribution in [0.1, 0.15) is 19.8 Å². The maximum absolute atomic E-state index is 10.5. The molecule has 0 aliphatic heterocycles. The molecule has 0 radical (unpaired) electrons. The van der Waals surface area contributed by atoms with E-state index in [-0.39, 0.29) is 12.4 Å². The summed E-state index contributed by atoms with van der Waals surface area (Å²) in [5.41, 5.74) is 0. The average Bonchev–Trinajstić information content (AvgIpc) is 2.24. The topological polar surface area (TPSA) is 87.8 Å². The number of sulfonamides is 1. The summed E-state index contributed by atoms with van der Waals surface area (Å²) in [6, 6.07) is 0. The van der Waals surface area contributed by atoms with E-state index in [4.69, 9.17) is 19.3 Å². The van der Waals surface area contributed by atoms with Gasteiger partial charge in [0.15, 0.2) is 0 Å². The van der Waals surface area contributed by atoms with Crippen molar-refractivity contribution in [3.05, 3.63) is 0 Å². The molecule has 0 aromatic carbocycles. The number of hydrogen-bond donors (Lipinski definition) is 1. The van der Waals surface area contributed by atoms with Gasteiger partial charge in [-0.2, -0.15) is 0 Å². The summed E-state index contributed by atoms with van der Waals surface area (Å²) in [6.07, 6.45) is 2.19. The summed E-state index contributed by atoms with van der Waals surface area (Å²) < 4.78 is 36.6. The molecule has 0 bridgehead atoms. The van der Waals surface area contributed by atoms with Crippen molar-refractivity contribution < 1.29 is 22.6 Å². The molecule has 0 spiro atoms. The summed E-state index contributed by atoms with van der Waals surface area (Å²) in [5.74, 6) is -0.160. The zero-order valence-electron chi connectivity index (χ0n) is 10.4. The molecule has 104 valence electrons. The molecule has 0 atom stereocenters. The number of ether oxygens (including phenoxy) is 3. The Kier molecular flexibility index (Phi) is 10.8. The standard InChI is InChI=1S/C10H23NO5S/c1-2-3-4-14-5-6-15-7-8-16-9-10-17(11,12)13/h2-10H2,1H3,(H2,11,12,13). The number of unbranched alkanes of at least 4 members (excludes halogenated alkanes) is 1. The van der Waals surface area contributed by atoms with E-state index in [1.54, 1.807) is 0 Å². The summed E-state index contributed by atoms with van der Waals surface area (Å²) >= 11 is 0. The zero-order valence-corrected chi connectivity index (χ0v) is 11.2. The molecule has 2 N–H and O–H groups in total. The first-order valence-electron chi connectivity index (χ1n) is 5.80. The van der Waals surface area contributed by atoms with Crippen LogP contribution in [0.25, 0.3) is 0 Å². The normalized spacial score (nSPS) is 11.9. The van der Waals surface area contributed by atoms with Gasteiger partial charge in [-0.05, 0) is 6.42 Å². The van der Waals surface area contributed by atoms with Gasteiger partial charge in [0.1, 0.15) is 0 Å². The molecule has 0 aliphatic carbocycles. The number of rotatable bonds is 12. The van der Waals surface area contributed by atoms with Gasteiger partial charge in [-0.3, -0.25) is 0 Å². The highest BCUT2D eigenvalue weighted by Gasteiger charge is 2.01. The monoisotopic (exact) mass is 269 g/mol. The van der Waals surface area contributed by atoms with Crippen LogP contribution in [-0.4, -0.2) is 53.8 Å². The number of hydrogen-bond acceptors (Lipinski definition) is 5. The highest BCUT2D eigenvalue weighted by atomic mass is 32.2. The second kappa shape index (κ2) is 10.9. The van der Waals surface area contributed by atoms with Crippen LogP contribution < -0.4 is 5.14 Å². The lowest BCUT2D eigenvalue weighted by atomic mass is 10.4. The van der Waals surface area contributed by atoms with Gasteiger partial charge >= 0.3 is 0 Å². The third-order valence-electron chi connectivity index (χ3n) is 1.90. The molecule has 0 aromatic rings. The van der Waals surface area contributed by atoms with E-state index in [1.165, 1.54) is 0 Å². The minimum absolute atomic E-state index is 0.106. The Balaban J connectivity index is 3.04. The van der Waals surface area contributed by atoms with Crippen LogP contribution in [0, 0.1) is 0 Å². The maximum atomic E-state index is 10.5. The fourth-order valence-electron chi connectivity index (χ4n) is 0.963. The Labute approximate surface area is 103 Å². The van der Waals surface area contributed by atoms with E-state index < -0.39 is 10.0 Å². The Morgan fingerprint density at radius 3 is 1.82 bits per heavy atom. The third kappa shape index (κ3) is 15.8. The van der Waals surface area contributed by atoms with Crippen molar-refractivity contribution >= 4 is 10.0 Å². The minimum atomic E-state index is -3.42. The van der Waals surface area contributed by atoms with Gasteiger partial charge in [-0.1, -0.05) is 13.3 Å². The molecule has 0 unspecified atom stereocenters. The first-order chi connectivity index (χ1) is 8.06. The fraction of sp³-hybridized carbons (Fsp3) is 1.00. The molecule has 0 rings (SSSR count). The molecular weight excluding hydrogens is 246 g/mol. The molecular formula is C10H23NO5S. The van der Waals surface area contributed by atoms with E-state index >= 15 is 0 Å². The lowest BCUT2D eigenvalue weighted by molar-refractivity contribution is 0.0167. The van der Waals surface area contributed by atoms with Crippen molar-refractivity contribution in [3.63, 3.8) is 0 Å². The van der Waals surface area contributed by atoms with E-state index in [0.717, 1.165) is 19.4 Å². The summed E-state index contributed by atoms with van der Waals surface area (Å²) in [5, 5.41) is 4.80. The van der Waals surface area contributed by atoms with Crippen molar-refractivity contribution in [1.82, 2.24) is 0 Å². The predicted molar refractivity (Wildman–Crippen MR) is 65.3 cm³/mol. The smallest absolute Gasteiger partial charge is 0.211 e. The van der Waals surface area contributed by atoms with Gasteiger partial charge in [-0.25, -0.2) is 13.6 Å². The molecule has 0 fully saturated rings. The van der Waals surface area contributed by atoms with Crippen LogP contribution in [-0.2, 0) is 24.2 Å². The van der Waals surface area contributed by atoms with E-state index in [0.29, 0.717) is 26.4 Å². The summed E-state index contributed by atoms with van der Waals surface area (Å²) in [6.45, 7) is 4.89. The molecule has 0 aliphatic rings. The molecule has 7 heteroatoms. The number of nitrogens with two attached hydrogens (primary N) is 1. The first-order valence-corrected chi connectivity index (χ1v) is 7.51. The van der Waals surface area contributed by atoms with Crippen LogP contribution in [0.15, 0.2) is 0 Å².